The molecule has 0 spiro atoms. The van der Waals surface area contributed by atoms with E-state index in [4.69, 9.17) is 0 Å². The summed E-state index contributed by atoms with van der Waals surface area (Å²) >= 11 is 0. The Balaban J connectivity index is 1.81. The molecule has 1 saturated heterocycles. The van der Waals surface area contributed by atoms with Gasteiger partial charge in [0, 0.05) is 44.3 Å². The Kier molecular flexibility index (Phi) is 5.06. The van der Waals surface area contributed by atoms with Gasteiger partial charge in [-0.05, 0) is 47.0 Å². The first-order valence-electron chi connectivity index (χ1n) is 8.10. The minimum atomic E-state index is -0.415. The van der Waals surface area contributed by atoms with Gasteiger partial charge >= 0.3 is 0 Å². The SMILES string of the molecule is CC(C)NC(C)(C#N)CC(C)N1CCN(C2CC2)CC1. The lowest BCUT2D eigenvalue weighted by Gasteiger charge is -2.40. The molecule has 0 amide bonds. The van der Waals surface area contributed by atoms with Crippen molar-refractivity contribution < 1.29 is 0 Å². The number of hydrogen-bond donors (Lipinski definition) is 1. The molecule has 2 fully saturated rings. The van der Waals surface area contributed by atoms with E-state index in [1.807, 2.05) is 6.92 Å². The fourth-order valence-electron chi connectivity index (χ4n) is 3.48. The lowest BCUT2D eigenvalue weighted by atomic mass is 9.93. The molecule has 114 valence electrons. The molecule has 2 atom stereocenters. The zero-order valence-corrected chi connectivity index (χ0v) is 13.5. The van der Waals surface area contributed by atoms with Crippen LogP contribution >= 0.6 is 0 Å². The number of hydrogen-bond acceptors (Lipinski definition) is 4. The number of rotatable bonds is 6. The van der Waals surface area contributed by atoms with Gasteiger partial charge in [-0.3, -0.25) is 15.1 Å². The highest BCUT2D eigenvalue weighted by molar-refractivity contribution is 5.06. The van der Waals surface area contributed by atoms with Crippen LogP contribution in [0.4, 0.5) is 0 Å². The zero-order valence-electron chi connectivity index (χ0n) is 13.5. The lowest BCUT2D eigenvalue weighted by Crippen LogP contribution is -2.54. The Labute approximate surface area is 124 Å². The van der Waals surface area contributed by atoms with Crippen LogP contribution in [-0.4, -0.2) is 59.6 Å². The highest BCUT2D eigenvalue weighted by atomic mass is 15.3. The molecule has 1 saturated carbocycles. The van der Waals surface area contributed by atoms with E-state index in [1.165, 1.54) is 25.9 Å². The molecule has 0 aromatic rings. The van der Waals surface area contributed by atoms with Crippen LogP contribution in [0.1, 0.15) is 47.0 Å². The van der Waals surface area contributed by atoms with Crippen molar-refractivity contribution in [2.24, 2.45) is 0 Å². The van der Waals surface area contributed by atoms with E-state index in [9.17, 15) is 5.26 Å². The molecular formula is C16H30N4. The zero-order chi connectivity index (χ0) is 14.8. The quantitative estimate of drug-likeness (QED) is 0.805. The van der Waals surface area contributed by atoms with Gasteiger partial charge in [0.1, 0.15) is 5.54 Å². The summed E-state index contributed by atoms with van der Waals surface area (Å²) in [5.74, 6) is 0. The summed E-state index contributed by atoms with van der Waals surface area (Å²) in [4.78, 5) is 5.19. The first-order valence-corrected chi connectivity index (χ1v) is 8.10. The Hall–Kier alpha value is -0.630. The molecule has 0 bridgehead atoms. The Morgan fingerprint density at radius 3 is 2.25 bits per heavy atom. The highest BCUT2D eigenvalue weighted by Gasteiger charge is 2.34. The van der Waals surface area contributed by atoms with Crippen LogP contribution in [0, 0.1) is 11.3 Å². The van der Waals surface area contributed by atoms with Gasteiger partial charge < -0.3 is 0 Å². The van der Waals surface area contributed by atoms with Gasteiger partial charge in [0.15, 0.2) is 0 Å². The van der Waals surface area contributed by atoms with Crippen molar-refractivity contribution in [2.45, 2.75) is 70.6 Å². The lowest BCUT2D eigenvalue weighted by molar-refractivity contribution is 0.0857. The van der Waals surface area contributed by atoms with E-state index in [2.05, 4.69) is 42.0 Å². The van der Waals surface area contributed by atoms with Gasteiger partial charge in [0.25, 0.3) is 0 Å². The van der Waals surface area contributed by atoms with Crippen LogP contribution in [0.15, 0.2) is 0 Å². The largest absolute Gasteiger partial charge is 0.298 e. The first kappa shape index (κ1) is 15.8. The van der Waals surface area contributed by atoms with E-state index >= 15 is 0 Å². The van der Waals surface area contributed by atoms with E-state index in [-0.39, 0.29) is 0 Å². The van der Waals surface area contributed by atoms with E-state index in [1.54, 1.807) is 0 Å². The van der Waals surface area contributed by atoms with Crippen LogP contribution in [-0.2, 0) is 0 Å². The van der Waals surface area contributed by atoms with Gasteiger partial charge in [0.2, 0.25) is 0 Å². The minimum Gasteiger partial charge on any atom is -0.298 e. The minimum absolute atomic E-state index is 0.346. The Bertz CT molecular complexity index is 350. The average molecular weight is 278 g/mol. The molecular weight excluding hydrogens is 248 g/mol. The molecule has 0 aromatic carbocycles. The summed E-state index contributed by atoms with van der Waals surface area (Å²) in [5.41, 5.74) is -0.415. The van der Waals surface area contributed by atoms with E-state index < -0.39 is 5.54 Å². The van der Waals surface area contributed by atoms with E-state index in [0.29, 0.717) is 12.1 Å². The predicted octanol–water partition coefficient (Wildman–Crippen LogP) is 1.83. The molecule has 2 unspecified atom stereocenters. The third kappa shape index (κ3) is 4.18. The number of nitrogens with one attached hydrogen (secondary N) is 1. The van der Waals surface area contributed by atoms with Gasteiger partial charge in [0.05, 0.1) is 6.07 Å². The van der Waals surface area contributed by atoms with E-state index in [0.717, 1.165) is 25.6 Å². The maximum absolute atomic E-state index is 9.47. The predicted molar refractivity (Wildman–Crippen MR) is 82.5 cm³/mol. The van der Waals surface area contributed by atoms with Crippen molar-refractivity contribution in [1.29, 1.82) is 5.26 Å². The molecule has 4 heteroatoms. The second kappa shape index (κ2) is 6.43. The third-order valence-corrected chi connectivity index (χ3v) is 4.59. The Morgan fingerprint density at radius 1 is 1.20 bits per heavy atom. The maximum Gasteiger partial charge on any atom is 0.105 e. The van der Waals surface area contributed by atoms with Gasteiger partial charge in [-0.1, -0.05) is 0 Å². The molecule has 0 radical (unpaired) electrons. The smallest absolute Gasteiger partial charge is 0.105 e. The van der Waals surface area contributed by atoms with Crippen LogP contribution in [0.3, 0.4) is 0 Å². The molecule has 1 aliphatic heterocycles. The molecule has 0 aromatic heterocycles. The average Bonchev–Trinajstić information content (AvgIpc) is 3.22. The summed E-state index contributed by atoms with van der Waals surface area (Å²) in [6.45, 7) is 13.2. The summed E-state index contributed by atoms with van der Waals surface area (Å²) in [5, 5.41) is 12.9. The summed E-state index contributed by atoms with van der Waals surface area (Å²) in [7, 11) is 0. The van der Waals surface area contributed by atoms with Crippen LogP contribution < -0.4 is 5.32 Å². The third-order valence-electron chi connectivity index (χ3n) is 4.59. The normalized spacial score (nSPS) is 26.2. The number of nitriles is 1. The molecule has 1 N–H and O–H groups in total. The number of piperazine rings is 1. The van der Waals surface area contributed by atoms with Crippen molar-refractivity contribution >= 4 is 0 Å². The van der Waals surface area contributed by atoms with Gasteiger partial charge in [-0.25, -0.2) is 0 Å². The second-order valence-corrected chi connectivity index (χ2v) is 7.10. The standard InChI is InChI=1S/C16H30N4/c1-13(2)18-16(4,12-17)11-14(3)19-7-9-20(10-8-19)15-5-6-15/h13-15,18H,5-11H2,1-4H3. The fourth-order valence-corrected chi connectivity index (χ4v) is 3.48. The van der Waals surface area contributed by atoms with Crippen molar-refractivity contribution in [3.05, 3.63) is 0 Å². The highest BCUT2D eigenvalue weighted by Crippen LogP contribution is 2.28. The molecule has 1 heterocycles. The molecule has 2 rings (SSSR count). The van der Waals surface area contributed by atoms with Crippen molar-refractivity contribution in [2.75, 3.05) is 26.2 Å². The van der Waals surface area contributed by atoms with Gasteiger partial charge in [-0.15, -0.1) is 0 Å². The van der Waals surface area contributed by atoms with Crippen molar-refractivity contribution in [3.63, 3.8) is 0 Å². The molecule has 4 nitrogen and oxygen atoms in total. The monoisotopic (exact) mass is 278 g/mol. The summed E-state index contributed by atoms with van der Waals surface area (Å²) in [6, 6.07) is 4.17. The summed E-state index contributed by atoms with van der Waals surface area (Å²) < 4.78 is 0. The molecule has 20 heavy (non-hydrogen) atoms. The fraction of sp³-hybridized carbons (Fsp3) is 0.938. The molecule has 2 aliphatic rings. The number of nitrogens with zero attached hydrogens (tertiary/aromatic N) is 3. The van der Waals surface area contributed by atoms with Crippen molar-refractivity contribution in [3.8, 4) is 6.07 Å². The van der Waals surface area contributed by atoms with Crippen LogP contribution in [0.5, 0.6) is 0 Å². The summed E-state index contributed by atoms with van der Waals surface area (Å²) in [6.07, 6.45) is 3.70. The van der Waals surface area contributed by atoms with Crippen molar-refractivity contribution in [1.82, 2.24) is 15.1 Å². The van der Waals surface area contributed by atoms with Crippen LogP contribution in [0.25, 0.3) is 0 Å². The first-order chi connectivity index (χ1) is 9.43. The van der Waals surface area contributed by atoms with Gasteiger partial charge in [-0.2, -0.15) is 5.26 Å². The second-order valence-electron chi connectivity index (χ2n) is 7.10. The molecule has 1 aliphatic carbocycles. The Morgan fingerprint density at radius 2 is 1.80 bits per heavy atom. The van der Waals surface area contributed by atoms with Crippen LogP contribution in [0.2, 0.25) is 0 Å². The maximum atomic E-state index is 9.47. The topological polar surface area (TPSA) is 42.3 Å².